The number of pyridine rings is 1. The summed E-state index contributed by atoms with van der Waals surface area (Å²) in [4.78, 5) is 14.4. The molecule has 1 aromatic heterocycles. The summed E-state index contributed by atoms with van der Waals surface area (Å²) in [6.45, 7) is 5.36. The number of nitrogens with zero attached hydrogens (tertiary/aromatic N) is 2. The van der Waals surface area contributed by atoms with Gasteiger partial charge in [0, 0.05) is 30.9 Å². The van der Waals surface area contributed by atoms with Crippen LogP contribution in [0.2, 0.25) is 0 Å². The van der Waals surface area contributed by atoms with E-state index in [1.54, 1.807) is 4.57 Å². The summed E-state index contributed by atoms with van der Waals surface area (Å²) in [5.74, 6) is 0. The largest absolute Gasteiger partial charge is 0.374 e. The SMILES string of the molecule is Cc1ccc(CN)c(=O)n1CC1CN(C)CCO1. The van der Waals surface area contributed by atoms with Crippen molar-refractivity contribution in [2.45, 2.75) is 26.1 Å². The molecule has 5 nitrogen and oxygen atoms in total. The maximum atomic E-state index is 12.2. The fraction of sp³-hybridized carbons (Fsp3) is 0.615. The zero-order valence-corrected chi connectivity index (χ0v) is 11.1. The summed E-state index contributed by atoms with van der Waals surface area (Å²) < 4.78 is 7.47. The molecule has 1 unspecified atom stereocenters. The van der Waals surface area contributed by atoms with Crippen LogP contribution in [0.1, 0.15) is 11.3 Å². The molecule has 5 heteroatoms. The molecule has 2 N–H and O–H groups in total. The third-order valence-corrected chi connectivity index (χ3v) is 3.42. The van der Waals surface area contributed by atoms with E-state index in [-0.39, 0.29) is 18.2 Å². The monoisotopic (exact) mass is 251 g/mol. The number of likely N-dealkylation sites (N-methyl/N-ethyl adjacent to an activating group) is 1. The van der Waals surface area contributed by atoms with Crippen molar-refractivity contribution in [2.24, 2.45) is 5.73 Å². The third-order valence-electron chi connectivity index (χ3n) is 3.42. The van der Waals surface area contributed by atoms with Crippen LogP contribution in [-0.4, -0.2) is 42.3 Å². The molecule has 1 atom stereocenters. The van der Waals surface area contributed by atoms with Crippen LogP contribution in [-0.2, 0) is 17.8 Å². The standard InChI is InChI=1S/C13H21N3O2/c1-10-3-4-11(7-14)13(17)16(10)9-12-8-15(2)5-6-18-12/h3-4,12H,5-9,14H2,1-2H3. The van der Waals surface area contributed by atoms with E-state index in [1.165, 1.54) is 0 Å². The van der Waals surface area contributed by atoms with Gasteiger partial charge in [-0.05, 0) is 20.0 Å². The lowest BCUT2D eigenvalue weighted by molar-refractivity contribution is -0.0281. The molecule has 18 heavy (non-hydrogen) atoms. The minimum Gasteiger partial charge on any atom is -0.374 e. The highest BCUT2D eigenvalue weighted by Crippen LogP contribution is 2.07. The number of nitrogens with two attached hydrogens (primary N) is 1. The number of rotatable bonds is 3. The van der Waals surface area contributed by atoms with Gasteiger partial charge in [-0.2, -0.15) is 0 Å². The van der Waals surface area contributed by atoms with E-state index in [9.17, 15) is 4.79 Å². The Hall–Kier alpha value is -1.17. The Morgan fingerprint density at radius 1 is 1.50 bits per heavy atom. The number of hydrogen-bond donors (Lipinski definition) is 1. The van der Waals surface area contributed by atoms with Gasteiger partial charge < -0.3 is 19.9 Å². The molecule has 2 heterocycles. The summed E-state index contributed by atoms with van der Waals surface area (Å²) >= 11 is 0. The predicted molar refractivity (Wildman–Crippen MR) is 70.6 cm³/mol. The number of ether oxygens (including phenoxy) is 1. The second kappa shape index (κ2) is 5.65. The molecular weight excluding hydrogens is 230 g/mol. The third kappa shape index (κ3) is 2.80. The van der Waals surface area contributed by atoms with E-state index < -0.39 is 0 Å². The molecule has 0 aliphatic carbocycles. The zero-order valence-electron chi connectivity index (χ0n) is 11.1. The first-order chi connectivity index (χ1) is 8.61. The molecule has 100 valence electrons. The summed E-state index contributed by atoms with van der Waals surface area (Å²) in [5.41, 5.74) is 7.19. The topological polar surface area (TPSA) is 60.5 Å². The van der Waals surface area contributed by atoms with Crippen LogP contribution in [0.5, 0.6) is 0 Å². The van der Waals surface area contributed by atoms with Gasteiger partial charge in [-0.25, -0.2) is 0 Å². The van der Waals surface area contributed by atoms with Crippen molar-refractivity contribution in [3.05, 3.63) is 33.7 Å². The smallest absolute Gasteiger partial charge is 0.255 e. The minimum absolute atomic E-state index is 0.00864. The van der Waals surface area contributed by atoms with Gasteiger partial charge in [0.05, 0.1) is 19.3 Å². The molecule has 0 bridgehead atoms. The Kier molecular flexibility index (Phi) is 4.16. The molecule has 1 fully saturated rings. The van der Waals surface area contributed by atoms with Crippen LogP contribution in [0.3, 0.4) is 0 Å². The van der Waals surface area contributed by atoms with E-state index in [2.05, 4.69) is 11.9 Å². The highest BCUT2D eigenvalue weighted by molar-refractivity contribution is 5.15. The normalized spacial score (nSPS) is 21.2. The van der Waals surface area contributed by atoms with E-state index >= 15 is 0 Å². The van der Waals surface area contributed by atoms with E-state index in [0.29, 0.717) is 12.1 Å². The van der Waals surface area contributed by atoms with Crippen LogP contribution in [0.25, 0.3) is 0 Å². The maximum Gasteiger partial charge on any atom is 0.255 e. The average Bonchev–Trinajstić information content (AvgIpc) is 2.35. The molecular formula is C13H21N3O2. The molecule has 1 aliphatic heterocycles. The van der Waals surface area contributed by atoms with Crippen LogP contribution < -0.4 is 11.3 Å². The summed E-state index contributed by atoms with van der Waals surface area (Å²) in [7, 11) is 2.07. The summed E-state index contributed by atoms with van der Waals surface area (Å²) in [6, 6.07) is 3.75. The van der Waals surface area contributed by atoms with Crippen molar-refractivity contribution >= 4 is 0 Å². The van der Waals surface area contributed by atoms with Crippen LogP contribution in [0.15, 0.2) is 16.9 Å². The van der Waals surface area contributed by atoms with E-state index in [1.807, 2.05) is 19.1 Å². The first-order valence-corrected chi connectivity index (χ1v) is 6.31. The lowest BCUT2D eigenvalue weighted by Gasteiger charge is -2.30. The first kappa shape index (κ1) is 13.3. The molecule has 1 aliphatic rings. The van der Waals surface area contributed by atoms with Crippen molar-refractivity contribution < 1.29 is 4.74 Å². The summed E-state index contributed by atoms with van der Waals surface area (Å²) in [5, 5.41) is 0. The maximum absolute atomic E-state index is 12.2. The van der Waals surface area contributed by atoms with Crippen LogP contribution in [0.4, 0.5) is 0 Å². The average molecular weight is 251 g/mol. The molecule has 2 rings (SSSR count). The van der Waals surface area contributed by atoms with E-state index in [0.717, 1.165) is 25.4 Å². The van der Waals surface area contributed by atoms with Gasteiger partial charge in [-0.3, -0.25) is 4.79 Å². The molecule has 0 spiro atoms. The Bertz CT molecular complexity index is 470. The molecule has 0 aromatic carbocycles. The fourth-order valence-corrected chi connectivity index (χ4v) is 2.28. The van der Waals surface area contributed by atoms with Gasteiger partial charge in [0.2, 0.25) is 0 Å². The van der Waals surface area contributed by atoms with Crippen LogP contribution in [0, 0.1) is 6.92 Å². The number of morpholine rings is 1. The second-order valence-corrected chi connectivity index (χ2v) is 4.87. The Labute approximate surface area is 107 Å². The quantitative estimate of drug-likeness (QED) is 0.818. The molecule has 0 saturated carbocycles. The Balaban J connectivity index is 2.20. The van der Waals surface area contributed by atoms with Crippen LogP contribution >= 0.6 is 0 Å². The van der Waals surface area contributed by atoms with Crippen molar-refractivity contribution in [2.75, 3.05) is 26.7 Å². The first-order valence-electron chi connectivity index (χ1n) is 6.31. The highest BCUT2D eigenvalue weighted by atomic mass is 16.5. The molecule has 0 radical (unpaired) electrons. The van der Waals surface area contributed by atoms with Crippen molar-refractivity contribution in [1.82, 2.24) is 9.47 Å². The van der Waals surface area contributed by atoms with Gasteiger partial charge in [0.1, 0.15) is 0 Å². The van der Waals surface area contributed by atoms with Crippen molar-refractivity contribution in [3.8, 4) is 0 Å². The zero-order chi connectivity index (χ0) is 13.1. The Morgan fingerprint density at radius 2 is 2.28 bits per heavy atom. The van der Waals surface area contributed by atoms with Gasteiger partial charge in [0.25, 0.3) is 5.56 Å². The fourth-order valence-electron chi connectivity index (χ4n) is 2.28. The lowest BCUT2D eigenvalue weighted by atomic mass is 10.2. The number of hydrogen-bond acceptors (Lipinski definition) is 4. The predicted octanol–water partition coefficient (Wildman–Crippen LogP) is -0.0540. The Morgan fingerprint density at radius 3 is 2.94 bits per heavy atom. The van der Waals surface area contributed by atoms with Crippen molar-refractivity contribution in [3.63, 3.8) is 0 Å². The molecule has 0 amide bonds. The van der Waals surface area contributed by atoms with Gasteiger partial charge in [-0.15, -0.1) is 0 Å². The lowest BCUT2D eigenvalue weighted by Crippen LogP contribution is -2.44. The van der Waals surface area contributed by atoms with Gasteiger partial charge >= 0.3 is 0 Å². The highest BCUT2D eigenvalue weighted by Gasteiger charge is 2.19. The second-order valence-electron chi connectivity index (χ2n) is 4.87. The van der Waals surface area contributed by atoms with Crippen molar-refractivity contribution in [1.29, 1.82) is 0 Å². The molecule has 1 aromatic rings. The number of aryl methyl sites for hydroxylation is 1. The summed E-state index contributed by atoms with van der Waals surface area (Å²) in [6.07, 6.45) is 0.0770. The van der Waals surface area contributed by atoms with Gasteiger partial charge in [-0.1, -0.05) is 6.07 Å². The van der Waals surface area contributed by atoms with E-state index in [4.69, 9.17) is 10.5 Å². The van der Waals surface area contributed by atoms with Gasteiger partial charge in [0.15, 0.2) is 0 Å². The minimum atomic E-state index is 0.00864. The number of aromatic nitrogens is 1. The molecule has 1 saturated heterocycles.